The molecule has 126 valence electrons. The molecule has 0 aliphatic heterocycles. The summed E-state index contributed by atoms with van der Waals surface area (Å²) in [5.74, 6) is 0. The molecule has 25 heavy (non-hydrogen) atoms. The molecule has 0 fully saturated rings. The van der Waals surface area contributed by atoms with Crippen LogP contribution in [-0.2, 0) is 17.9 Å². The predicted octanol–water partition coefficient (Wildman–Crippen LogP) is 5.02. The molecular formula is C23H23NO. The van der Waals surface area contributed by atoms with Gasteiger partial charge in [0, 0.05) is 25.6 Å². The van der Waals surface area contributed by atoms with Gasteiger partial charge in [-0.25, -0.2) is 0 Å². The molecule has 0 amide bonds. The van der Waals surface area contributed by atoms with Crippen LogP contribution in [0, 0.1) is 0 Å². The van der Waals surface area contributed by atoms with Crippen LogP contribution in [0.1, 0.15) is 29.2 Å². The molecule has 0 aliphatic rings. The minimum absolute atomic E-state index is 0.0686. The topological polar surface area (TPSA) is 20.3 Å². The van der Waals surface area contributed by atoms with Crippen LogP contribution in [0.5, 0.6) is 0 Å². The number of hydrogen-bond acceptors (Lipinski definition) is 2. The zero-order valence-electron chi connectivity index (χ0n) is 14.3. The fourth-order valence-corrected chi connectivity index (χ4v) is 3.17. The molecule has 0 radical (unpaired) electrons. The van der Waals surface area contributed by atoms with Gasteiger partial charge >= 0.3 is 0 Å². The Morgan fingerprint density at radius 1 is 0.680 bits per heavy atom. The molecule has 0 unspecified atom stereocenters. The first-order chi connectivity index (χ1) is 12.4. The lowest BCUT2D eigenvalue weighted by molar-refractivity contribution is -0.109. The second-order valence-corrected chi connectivity index (χ2v) is 6.21. The Labute approximate surface area is 149 Å². The number of hydrogen-bond donors (Lipinski definition) is 0. The summed E-state index contributed by atoms with van der Waals surface area (Å²) >= 11 is 0. The molecule has 0 saturated heterocycles. The van der Waals surface area contributed by atoms with Crippen LogP contribution < -0.4 is 0 Å². The summed E-state index contributed by atoms with van der Waals surface area (Å²) in [5.41, 5.74) is 3.69. The van der Waals surface area contributed by atoms with Crippen LogP contribution in [0.4, 0.5) is 0 Å². The molecule has 0 N–H and O–H groups in total. The Morgan fingerprint density at radius 2 is 1.12 bits per heavy atom. The van der Waals surface area contributed by atoms with E-state index in [4.69, 9.17) is 0 Å². The van der Waals surface area contributed by atoms with Gasteiger partial charge in [-0.2, -0.15) is 0 Å². The summed E-state index contributed by atoms with van der Waals surface area (Å²) in [6.45, 7) is 1.62. The van der Waals surface area contributed by atoms with Gasteiger partial charge in [0.1, 0.15) is 6.29 Å². The maximum absolute atomic E-state index is 11.4. The zero-order chi connectivity index (χ0) is 17.3. The largest absolute Gasteiger partial charge is 0.303 e. The number of carbonyl (C=O) groups is 1. The fraction of sp³-hybridized carbons (Fsp3) is 0.174. The summed E-state index contributed by atoms with van der Waals surface area (Å²) < 4.78 is 0. The van der Waals surface area contributed by atoms with Crippen LogP contribution in [0.2, 0.25) is 0 Å². The van der Waals surface area contributed by atoms with Gasteiger partial charge in [-0.05, 0) is 16.7 Å². The molecule has 0 spiro atoms. The quantitative estimate of drug-likeness (QED) is 0.541. The van der Waals surface area contributed by atoms with Crippen molar-refractivity contribution in [1.82, 2.24) is 4.90 Å². The summed E-state index contributed by atoms with van der Waals surface area (Å²) in [6.07, 6.45) is 1.52. The highest BCUT2D eigenvalue weighted by Gasteiger charge is 2.20. The molecule has 2 nitrogen and oxygen atoms in total. The van der Waals surface area contributed by atoms with Gasteiger partial charge < -0.3 is 4.79 Å². The van der Waals surface area contributed by atoms with Crippen molar-refractivity contribution in [1.29, 1.82) is 0 Å². The van der Waals surface area contributed by atoms with E-state index in [-0.39, 0.29) is 6.04 Å². The maximum Gasteiger partial charge on any atom is 0.121 e. The molecule has 3 aromatic rings. The first-order valence-corrected chi connectivity index (χ1v) is 8.67. The first kappa shape index (κ1) is 17.1. The van der Waals surface area contributed by atoms with Crippen LogP contribution in [0.15, 0.2) is 91.0 Å². The third kappa shape index (κ3) is 4.88. The van der Waals surface area contributed by atoms with Crippen molar-refractivity contribution in [2.45, 2.75) is 25.6 Å². The highest BCUT2D eigenvalue weighted by Crippen LogP contribution is 2.27. The van der Waals surface area contributed by atoms with Crippen molar-refractivity contribution in [3.8, 4) is 0 Å². The average Bonchev–Trinajstić information content (AvgIpc) is 2.68. The Hall–Kier alpha value is -2.71. The lowest BCUT2D eigenvalue weighted by atomic mass is 10.0. The normalized spacial score (nSPS) is 12.0. The Morgan fingerprint density at radius 3 is 1.56 bits per heavy atom. The minimum Gasteiger partial charge on any atom is -0.303 e. The Balaban J connectivity index is 1.91. The third-order valence-corrected chi connectivity index (χ3v) is 4.40. The minimum atomic E-state index is 0.0686. The standard InChI is InChI=1S/C23H23NO/c25-17-16-23(22-14-8-3-9-15-22)24(18-20-10-4-1-5-11-20)19-21-12-6-2-7-13-21/h1-15,17,23H,16,18-19H2/t23-/m0/s1. The second-order valence-electron chi connectivity index (χ2n) is 6.21. The zero-order valence-corrected chi connectivity index (χ0v) is 14.3. The van der Waals surface area contributed by atoms with Gasteiger partial charge in [-0.1, -0.05) is 91.0 Å². The monoisotopic (exact) mass is 329 g/mol. The number of benzene rings is 3. The van der Waals surface area contributed by atoms with E-state index in [1.54, 1.807) is 0 Å². The van der Waals surface area contributed by atoms with Gasteiger partial charge in [0.05, 0.1) is 0 Å². The van der Waals surface area contributed by atoms with Crippen LogP contribution >= 0.6 is 0 Å². The van der Waals surface area contributed by atoms with Crippen molar-refractivity contribution in [2.75, 3.05) is 0 Å². The van der Waals surface area contributed by atoms with Gasteiger partial charge in [0.2, 0.25) is 0 Å². The van der Waals surface area contributed by atoms with Gasteiger partial charge in [-0.15, -0.1) is 0 Å². The molecule has 0 saturated carbocycles. The molecule has 0 aliphatic carbocycles. The van der Waals surface area contributed by atoms with Crippen molar-refractivity contribution in [2.24, 2.45) is 0 Å². The summed E-state index contributed by atoms with van der Waals surface area (Å²) in [6, 6.07) is 31.3. The summed E-state index contributed by atoms with van der Waals surface area (Å²) in [7, 11) is 0. The van der Waals surface area contributed by atoms with E-state index in [9.17, 15) is 4.79 Å². The highest BCUT2D eigenvalue weighted by molar-refractivity contribution is 5.51. The van der Waals surface area contributed by atoms with Crippen LogP contribution in [-0.4, -0.2) is 11.2 Å². The van der Waals surface area contributed by atoms with E-state index < -0.39 is 0 Å². The maximum atomic E-state index is 11.4. The lowest BCUT2D eigenvalue weighted by Gasteiger charge is -2.31. The number of aldehydes is 1. The second kappa shape index (κ2) is 8.95. The van der Waals surface area contributed by atoms with Crippen LogP contribution in [0.3, 0.4) is 0 Å². The molecule has 3 aromatic carbocycles. The Kier molecular flexibility index (Phi) is 6.13. The van der Waals surface area contributed by atoms with Crippen molar-refractivity contribution in [3.05, 3.63) is 108 Å². The third-order valence-electron chi connectivity index (χ3n) is 4.40. The highest BCUT2D eigenvalue weighted by atomic mass is 16.1. The smallest absolute Gasteiger partial charge is 0.121 e. The number of nitrogens with zero attached hydrogens (tertiary/aromatic N) is 1. The predicted molar refractivity (Wildman–Crippen MR) is 102 cm³/mol. The van der Waals surface area contributed by atoms with E-state index in [1.807, 2.05) is 30.3 Å². The fourth-order valence-electron chi connectivity index (χ4n) is 3.17. The van der Waals surface area contributed by atoms with Crippen LogP contribution in [0.25, 0.3) is 0 Å². The lowest BCUT2D eigenvalue weighted by Crippen LogP contribution is -2.28. The molecule has 0 bridgehead atoms. The molecule has 0 aromatic heterocycles. The van der Waals surface area contributed by atoms with E-state index in [1.165, 1.54) is 16.7 Å². The number of carbonyl (C=O) groups excluding carboxylic acids is 1. The molecule has 0 heterocycles. The van der Waals surface area contributed by atoms with Crippen molar-refractivity contribution < 1.29 is 4.79 Å². The van der Waals surface area contributed by atoms with Crippen molar-refractivity contribution >= 4 is 6.29 Å². The molecule has 3 rings (SSSR count). The summed E-state index contributed by atoms with van der Waals surface area (Å²) in [5, 5.41) is 0. The van der Waals surface area contributed by atoms with E-state index in [0.29, 0.717) is 6.42 Å². The van der Waals surface area contributed by atoms with Gasteiger partial charge in [0.25, 0.3) is 0 Å². The van der Waals surface area contributed by atoms with E-state index in [2.05, 4.69) is 65.6 Å². The number of rotatable bonds is 8. The van der Waals surface area contributed by atoms with E-state index in [0.717, 1.165) is 19.4 Å². The summed E-state index contributed by atoms with van der Waals surface area (Å²) in [4.78, 5) is 13.8. The SMILES string of the molecule is O=CC[C@@H](c1ccccc1)N(Cc1ccccc1)Cc1ccccc1. The Bertz CT molecular complexity index is 714. The van der Waals surface area contributed by atoms with E-state index >= 15 is 0 Å². The molecule has 1 atom stereocenters. The first-order valence-electron chi connectivity index (χ1n) is 8.67. The average molecular weight is 329 g/mol. The molecule has 2 heteroatoms. The van der Waals surface area contributed by atoms with Gasteiger partial charge in [-0.3, -0.25) is 4.90 Å². The van der Waals surface area contributed by atoms with Gasteiger partial charge in [0.15, 0.2) is 0 Å². The van der Waals surface area contributed by atoms with Crippen molar-refractivity contribution in [3.63, 3.8) is 0 Å². The molecular weight excluding hydrogens is 306 g/mol.